The molecule has 26 heavy (non-hydrogen) atoms. The topological polar surface area (TPSA) is 63.2 Å². The van der Waals surface area contributed by atoms with Crippen LogP contribution in [0.15, 0.2) is 40.6 Å². The van der Waals surface area contributed by atoms with E-state index in [9.17, 15) is 13.2 Å². The van der Waals surface area contributed by atoms with Crippen LogP contribution in [0.4, 0.5) is 0 Å². The van der Waals surface area contributed by atoms with Crippen molar-refractivity contribution in [3.8, 4) is 0 Å². The summed E-state index contributed by atoms with van der Waals surface area (Å²) in [5.74, 6) is -0.139. The van der Waals surface area contributed by atoms with Gasteiger partial charge < -0.3 is 5.32 Å². The number of sulfone groups is 1. The summed E-state index contributed by atoms with van der Waals surface area (Å²) in [7, 11) is -3.44. The van der Waals surface area contributed by atoms with E-state index in [1.807, 2.05) is 37.4 Å². The van der Waals surface area contributed by atoms with Gasteiger partial charge in [-0.2, -0.15) is 0 Å². The summed E-state index contributed by atoms with van der Waals surface area (Å²) in [6.07, 6.45) is 3.03. The molecule has 0 radical (unpaired) electrons. The van der Waals surface area contributed by atoms with Crippen LogP contribution in [0.5, 0.6) is 0 Å². The average Bonchev–Trinajstić information content (AvgIpc) is 3.28. The van der Waals surface area contributed by atoms with Crippen LogP contribution in [0.25, 0.3) is 0 Å². The third-order valence-corrected chi connectivity index (χ3v) is 7.53. The number of fused-ring (bicyclic) bond motifs is 1. The number of rotatable bonds is 7. The van der Waals surface area contributed by atoms with E-state index in [0.717, 1.165) is 29.7 Å². The smallest absolute Gasteiger partial charge is 0.221 e. The predicted molar refractivity (Wildman–Crippen MR) is 105 cm³/mol. The number of benzene rings is 1. The van der Waals surface area contributed by atoms with E-state index in [-0.39, 0.29) is 30.0 Å². The maximum Gasteiger partial charge on any atom is 0.221 e. The van der Waals surface area contributed by atoms with Crippen LogP contribution < -0.4 is 5.32 Å². The Hall–Kier alpha value is -1.66. The van der Waals surface area contributed by atoms with Crippen molar-refractivity contribution >= 4 is 27.1 Å². The minimum absolute atomic E-state index is 0.0198. The summed E-state index contributed by atoms with van der Waals surface area (Å²) >= 11 is 1.60. The molecule has 2 aromatic rings. The van der Waals surface area contributed by atoms with Gasteiger partial charge in [-0.25, -0.2) is 8.42 Å². The number of carbonyl (C=O) groups is 1. The fraction of sp³-hybridized carbons (Fsp3) is 0.450. The quantitative estimate of drug-likeness (QED) is 0.778. The van der Waals surface area contributed by atoms with E-state index in [2.05, 4.69) is 5.32 Å². The zero-order valence-corrected chi connectivity index (χ0v) is 16.8. The molecule has 1 unspecified atom stereocenters. The van der Waals surface area contributed by atoms with Crippen molar-refractivity contribution in [2.24, 2.45) is 5.92 Å². The maximum atomic E-state index is 12.6. The number of hydrogen-bond acceptors (Lipinski definition) is 4. The second-order valence-corrected chi connectivity index (χ2v) is 10.2. The van der Waals surface area contributed by atoms with Crippen LogP contribution in [0, 0.1) is 5.92 Å². The van der Waals surface area contributed by atoms with Gasteiger partial charge in [0.1, 0.15) is 0 Å². The molecular weight excluding hydrogens is 366 g/mol. The Kier molecular flexibility index (Phi) is 5.82. The first kappa shape index (κ1) is 19.1. The summed E-state index contributed by atoms with van der Waals surface area (Å²) in [5, 5.41) is 4.97. The van der Waals surface area contributed by atoms with E-state index in [1.165, 1.54) is 5.56 Å². The molecule has 0 fully saturated rings. The molecule has 140 valence electrons. The maximum absolute atomic E-state index is 12.6. The normalized spacial score (nSPS) is 15.0. The molecule has 0 aliphatic heterocycles. The van der Waals surface area contributed by atoms with E-state index in [1.54, 1.807) is 23.5 Å². The average molecular weight is 392 g/mol. The Morgan fingerprint density at radius 1 is 1.19 bits per heavy atom. The highest BCUT2D eigenvalue weighted by molar-refractivity contribution is 7.91. The zero-order valence-electron chi connectivity index (χ0n) is 15.2. The summed E-state index contributed by atoms with van der Waals surface area (Å²) in [6.45, 7) is 4.10. The molecule has 0 spiro atoms. The fourth-order valence-electron chi connectivity index (χ4n) is 3.37. The summed E-state index contributed by atoms with van der Waals surface area (Å²) in [5.41, 5.74) is 2.38. The lowest BCUT2D eigenvalue weighted by atomic mass is 10.0. The van der Waals surface area contributed by atoms with Crippen molar-refractivity contribution in [1.82, 2.24) is 5.32 Å². The van der Waals surface area contributed by atoms with Gasteiger partial charge in [-0.1, -0.05) is 26.0 Å². The highest BCUT2D eigenvalue weighted by Gasteiger charge is 2.22. The second-order valence-electron chi connectivity index (χ2n) is 7.16. The fourth-order valence-corrected chi connectivity index (χ4v) is 5.60. The number of nitrogens with one attached hydrogen (secondary N) is 1. The summed E-state index contributed by atoms with van der Waals surface area (Å²) in [6, 6.07) is 9.26. The van der Waals surface area contributed by atoms with Crippen LogP contribution in [-0.4, -0.2) is 20.1 Å². The van der Waals surface area contributed by atoms with Gasteiger partial charge in [0.2, 0.25) is 5.91 Å². The summed E-state index contributed by atoms with van der Waals surface area (Å²) < 4.78 is 25.2. The Morgan fingerprint density at radius 3 is 2.65 bits per heavy atom. The molecule has 1 aromatic heterocycles. The molecule has 1 heterocycles. The van der Waals surface area contributed by atoms with Crippen LogP contribution in [0.3, 0.4) is 0 Å². The SMILES string of the molecule is CC(C)C(NC(=O)CCS(=O)(=O)c1ccc2c(c1)CCC2)c1cccs1. The third kappa shape index (κ3) is 4.35. The molecule has 1 N–H and O–H groups in total. The molecule has 1 atom stereocenters. The van der Waals surface area contributed by atoms with Gasteiger partial charge in [-0.15, -0.1) is 11.3 Å². The van der Waals surface area contributed by atoms with Gasteiger partial charge in [0, 0.05) is 11.3 Å². The Balaban J connectivity index is 1.63. The lowest BCUT2D eigenvalue weighted by molar-refractivity contribution is -0.121. The van der Waals surface area contributed by atoms with Crippen LogP contribution in [-0.2, 0) is 27.5 Å². The minimum Gasteiger partial charge on any atom is -0.348 e. The largest absolute Gasteiger partial charge is 0.348 e. The van der Waals surface area contributed by atoms with Crippen LogP contribution in [0.1, 0.15) is 48.7 Å². The zero-order chi connectivity index (χ0) is 18.7. The van der Waals surface area contributed by atoms with Gasteiger partial charge in [0.15, 0.2) is 9.84 Å². The number of amides is 1. The summed E-state index contributed by atoms with van der Waals surface area (Å²) in [4.78, 5) is 13.8. The molecular formula is C20H25NO3S2. The Labute approximate surface area is 159 Å². The highest BCUT2D eigenvalue weighted by Crippen LogP contribution is 2.27. The molecule has 0 saturated carbocycles. The van der Waals surface area contributed by atoms with E-state index in [0.29, 0.717) is 4.90 Å². The molecule has 1 amide bonds. The first-order chi connectivity index (χ1) is 12.4. The van der Waals surface area contributed by atoms with E-state index >= 15 is 0 Å². The van der Waals surface area contributed by atoms with Crippen molar-refractivity contribution in [2.45, 2.75) is 50.5 Å². The van der Waals surface area contributed by atoms with Crippen molar-refractivity contribution in [2.75, 3.05) is 5.75 Å². The first-order valence-corrected chi connectivity index (χ1v) is 11.6. The third-order valence-electron chi connectivity index (χ3n) is 4.86. The lowest BCUT2D eigenvalue weighted by Crippen LogP contribution is -2.32. The van der Waals surface area contributed by atoms with Crippen LogP contribution in [0.2, 0.25) is 0 Å². The number of hydrogen-bond donors (Lipinski definition) is 1. The number of aryl methyl sites for hydroxylation is 2. The standard InChI is InChI=1S/C20H25NO3S2/c1-14(2)20(18-7-4-11-25-18)21-19(22)10-12-26(23,24)17-9-8-15-5-3-6-16(15)13-17/h4,7-9,11,13-14,20H,3,5-6,10,12H2,1-2H3,(H,21,22). The minimum atomic E-state index is -3.44. The molecule has 0 saturated heterocycles. The molecule has 1 aliphatic rings. The van der Waals surface area contributed by atoms with Crippen molar-refractivity contribution in [3.63, 3.8) is 0 Å². The number of thiophene rings is 1. The molecule has 3 rings (SSSR count). The molecule has 4 nitrogen and oxygen atoms in total. The monoisotopic (exact) mass is 391 g/mol. The van der Waals surface area contributed by atoms with Crippen molar-refractivity contribution in [3.05, 3.63) is 51.7 Å². The Morgan fingerprint density at radius 2 is 1.96 bits per heavy atom. The Bertz CT molecular complexity index is 870. The molecule has 1 aromatic carbocycles. The van der Waals surface area contributed by atoms with Gasteiger partial charge in [0.05, 0.1) is 16.7 Å². The highest BCUT2D eigenvalue weighted by atomic mass is 32.2. The van der Waals surface area contributed by atoms with Crippen LogP contribution >= 0.6 is 11.3 Å². The van der Waals surface area contributed by atoms with Crippen molar-refractivity contribution < 1.29 is 13.2 Å². The second kappa shape index (κ2) is 7.92. The van der Waals surface area contributed by atoms with E-state index in [4.69, 9.17) is 0 Å². The number of carbonyl (C=O) groups excluding carboxylic acids is 1. The van der Waals surface area contributed by atoms with Gasteiger partial charge in [-0.05, 0) is 59.9 Å². The lowest BCUT2D eigenvalue weighted by Gasteiger charge is -2.21. The van der Waals surface area contributed by atoms with Gasteiger partial charge >= 0.3 is 0 Å². The predicted octanol–water partition coefficient (Wildman–Crippen LogP) is 3.91. The molecule has 1 aliphatic carbocycles. The molecule has 6 heteroatoms. The van der Waals surface area contributed by atoms with Gasteiger partial charge in [0.25, 0.3) is 0 Å². The van der Waals surface area contributed by atoms with E-state index < -0.39 is 9.84 Å². The van der Waals surface area contributed by atoms with Crippen molar-refractivity contribution in [1.29, 1.82) is 0 Å². The molecule has 0 bridgehead atoms. The first-order valence-electron chi connectivity index (χ1n) is 9.04. The van der Waals surface area contributed by atoms with Gasteiger partial charge in [-0.3, -0.25) is 4.79 Å².